The van der Waals surface area contributed by atoms with Crippen molar-refractivity contribution < 1.29 is 41.7 Å². The number of nitrogens with two attached hydrogens (primary N) is 1. The number of methoxy groups -OCH3 is 1. The Morgan fingerprint density at radius 3 is 2.38 bits per heavy atom. The van der Waals surface area contributed by atoms with Crippen LogP contribution in [0.15, 0.2) is 42.5 Å². The number of aromatic nitrogens is 1. The quantitative estimate of drug-likeness (QED) is 0.223. The van der Waals surface area contributed by atoms with E-state index in [1.54, 1.807) is 32.9 Å². The molecule has 2 aromatic carbocycles. The fraction of sp³-hybridized carbons (Fsp3) is 0.321. The molecule has 0 aliphatic heterocycles. The Morgan fingerprint density at radius 1 is 1.10 bits per heavy atom. The van der Waals surface area contributed by atoms with E-state index in [0.717, 1.165) is 12.1 Å². The summed E-state index contributed by atoms with van der Waals surface area (Å²) in [6.07, 6.45) is -5.49. The van der Waals surface area contributed by atoms with E-state index in [0.29, 0.717) is 29.4 Å². The first-order chi connectivity index (χ1) is 19.5. The third-order valence-electron chi connectivity index (χ3n) is 5.80. The molecule has 0 unspecified atom stereocenters. The predicted octanol–water partition coefficient (Wildman–Crippen LogP) is 6.91. The highest BCUT2D eigenvalue weighted by Gasteiger charge is 2.35. The van der Waals surface area contributed by atoms with E-state index < -0.39 is 51.5 Å². The zero-order valence-corrected chi connectivity index (χ0v) is 23.9. The van der Waals surface area contributed by atoms with Gasteiger partial charge in [-0.25, -0.2) is 19.0 Å². The van der Waals surface area contributed by atoms with Crippen LogP contribution in [0, 0.1) is 5.82 Å². The molecule has 1 amide bonds. The fourth-order valence-electron chi connectivity index (χ4n) is 3.84. The number of hydrogen-bond donors (Lipinski definition) is 3. The lowest BCUT2D eigenvalue weighted by Gasteiger charge is -2.28. The van der Waals surface area contributed by atoms with Gasteiger partial charge in [0.25, 0.3) is 0 Å². The zero-order chi connectivity index (χ0) is 31.4. The smallest absolute Gasteiger partial charge is 0.417 e. The number of rotatable bonds is 9. The second kappa shape index (κ2) is 12.7. The van der Waals surface area contributed by atoms with Crippen molar-refractivity contribution in [2.75, 3.05) is 24.7 Å². The average Bonchev–Trinajstić information content (AvgIpc) is 2.87. The van der Waals surface area contributed by atoms with Crippen LogP contribution in [-0.2, 0) is 23.9 Å². The van der Waals surface area contributed by atoms with Gasteiger partial charge >= 0.3 is 18.2 Å². The molecule has 1 heterocycles. The average molecular weight is 613 g/mol. The Hall–Kier alpha value is -4.26. The Bertz CT molecular complexity index is 1480. The Labute approximate surface area is 244 Å². The number of amides is 1. The minimum Gasteiger partial charge on any atom is -0.481 e. The summed E-state index contributed by atoms with van der Waals surface area (Å²) in [7, 11) is 1.43. The summed E-state index contributed by atoms with van der Waals surface area (Å²) >= 11 is 5.72. The highest BCUT2D eigenvalue weighted by molar-refractivity contribution is 6.32. The molecule has 0 aliphatic rings. The van der Waals surface area contributed by atoms with Crippen molar-refractivity contribution in [3.05, 3.63) is 75.7 Å². The predicted molar refractivity (Wildman–Crippen MR) is 149 cm³/mol. The van der Waals surface area contributed by atoms with Crippen molar-refractivity contribution >= 4 is 40.7 Å². The highest BCUT2D eigenvalue weighted by atomic mass is 35.5. The van der Waals surface area contributed by atoms with Crippen LogP contribution in [0.25, 0.3) is 0 Å². The van der Waals surface area contributed by atoms with E-state index in [1.807, 2.05) is 0 Å². The van der Waals surface area contributed by atoms with Crippen LogP contribution in [0.3, 0.4) is 0 Å². The Morgan fingerprint density at radius 2 is 1.79 bits per heavy atom. The summed E-state index contributed by atoms with van der Waals surface area (Å²) in [5.41, 5.74) is 3.82. The zero-order valence-electron chi connectivity index (χ0n) is 23.1. The molecule has 0 saturated heterocycles. The molecule has 0 saturated carbocycles. The third-order valence-corrected chi connectivity index (χ3v) is 6.12. The number of nitrogens with zero attached hydrogens (tertiary/aromatic N) is 2. The molecular formula is C28H29ClF4N4O5. The molecule has 0 spiro atoms. The van der Waals surface area contributed by atoms with Crippen molar-refractivity contribution in [1.29, 1.82) is 0 Å². The number of alkyl halides is 3. The summed E-state index contributed by atoms with van der Waals surface area (Å²) in [5, 5.41) is 11.5. The first kappa shape index (κ1) is 32.3. The van der Waals surface area contributed by atoms with Gasteiger partial charge in [0.05, 0.1) is 46.9 Å². The number of carbonyl (C=O) groups excluding carboxylic acids is 1. The number of hydrogen-bond acceptors (Lipinski definition) is 7. The maximum atomic E-state index is 14.4. The summed E-state index contributed by atoms with van der Waals surface area (Å²) in [6, 6.07) is 7.71. The SMILES string of the molecule is COc1ccc(N)c(CCN(Cc2cc(F)ccc2Nc2cc(C(F)(F)F)c(Cl)cc2C(=O)O)C(=O)OC(C)(C)C)n1. The van der Waals surface area contributed by atoms with Gasteiger partial charge in [0.15, 0.2) is 0 Å². The van der Waals surface area contributed by atoms with Gasteiger partial charge in [-0.15, -0.1) is 0 Å². The second-order valence-electron chi connectivity index (χ2n) is 10.1. The third kappa shape index (κ3) is 8.38. The van der Waals surface area contributed by atoms with E-state index in [-0.39, 0.29) is 30.8 Å². The van der Waals surface area contributed by atoms with Gasteiger partial charge in [0, 0.05) is 24.7 Å². The van der Waals surface area contributed by atoms with Crippen LogP contribution in [0.5, 0.6) is 5.88 Å². The van der Waals surface area contributed by atoms with Crippen LogP contribution in [0.4, 0.5) is 39.4 Å². The van der Waals surface area contributed by atoms with Gasteiger partial charge < -0.3 is 30.5 Å². The maximum absolute atomic E-state index is 14.4. The van der Waals surface area contributed by atoms with Gasteiger partial charge in [-0.05, 0) is 62.7 Å². The number of anilines is 3. The standard InChI is InChI=1S/C28H29ClF4N4O5/c1-27(2,3)42-26(40)37(10-9-22-20(34)6-8-24(36-22)41-4)14-15-11-16(30)5-7-21(15)35-23-13-18(28(31,32)33)19(29)12-17(23)25(38)39/h5-8,11-13,35H,9-10,14,34H2,1-4H3,(H,38,39). The van der Waals surface area contributed by atoms with Crippen molar-refractivity contribution in [1.82, 2.24) is 9.88 Å². The normalized spacial score (nSPS) is 11.6. The molecule has 3 rings (SSSR count). The lowest BCUT2D eigenvalue weighted by atomic mass is 10.1. The lowest BCUT2D eigenvalue weighted by Crippen LogP contribution is -2.38. The number of halogens is 5. The van der Waals surface area contributed by atoms with E-state index in [2.05, 4.69) is 10.3 Å². The number of carboxylic acids is 1. The Kier molecular flexibility index (Phi) is 9.77. The highest BCUT2D eigenvalue weighted by Crippen LogP contribution is 2.39. The van der Waals surface area contributed by atoms with Crippen molar-refractivity contribution in [2.24, 2.45) is 0 Å². The lowest BCUT2D eigenvalue weighted by molar-refractivity contribution is -0.137. The monoisotopic (exact) mass is 612 g/mol. The Balaban J connectivity index is 2.02. The molecule has 1 aromatic heterocycles. The molecule has 14 heteroatoms. The summed E-state index contributed by atoms with van der Waals surface area (Å²) in [5.74, 6) is -1.95. The molecule has 0 atom stereocenters. The van der Waals surface area contributed by atoms with Crippen LogP contribution < -0.4 is 15.8 Å². The number of nitrogen functional groups attached to an aromatic ring is 1. The van der Waals surface area contributed by atoms with Gasteiger partial charge in [0.2, 0.25) is 5.88 Å². The molecule has 0 radical (unpaired) electrons. The molecule has 0 aliphatic carbocycles. The number of benzene rings is 2. The minimum absolute atomic E-state index is 0.00518. The molecule has 0 fully saturated rings. The van der Waals surface area contributed by atoms with Crippen LogP contribution in [-0.4, -0.2) is 46.3 Å². The topological polar surface area (TPSA) is 127 Å². The summed E-state index contributed by atoms with van der Waals surface area (Å²) in [6.45, 7) is 4.69. The second-order valence-corrected chi connectivity index (χ2v) is 10.6. The van der Waals surface area contributed by atoms with E-state index in [1.165, 1.54) is 18.1 Å². The number of carboxylic acid groups (broad SMARTS) is 1. The van der Waals surface area contributed by atoms with E-state index in [9.17, 15) is 32.3 Å². The maximum Gasteiger partial charge on any atom is 0.417 e. The van der Waals surface area contributed by atoms with Gasteiger partial charge in [-0.1, -0.05) is 11.6 Å². The van der Waals surface area contributed by atoms with Gasteiger partial charge in [0.1, 0.15) is 11.4 Å². The molecule has 42 heavy (non-hydrogen) atoms. The minimum atomic E-state index is -4.88. The largest absolute Gasteiger partial charge is 0.481 e. The molecule has 9 nitrogen and oxygen atoms in total. The van der Waals surface area contributed by atoms with Crippen molar-refractivity contribution in [3.63, 3.8) is 0 Å². The molecular weight excluding hydrogens is 584 g/mol. The van der Waals surface area contributed by atoms with Crippen molar-refractivity contribution in [2.45, 2.75) is 45.5 Å². The summed E-state index contributed by atoms with van der Waals surface area (Å²) in [4.78, 5) is 30.5. The van der Waals surface area contributed by atoms with Gasteiger partial charge in [-0.3, -0.25) is 0 Å². The number of pyridine rings is 1. The van der Waals surface area contributed by atoms with Crippen LogP contribution >= 0.6 is 11.6 Å². The molecule has 4 N–H and O–H groups in total. The first-order valence-corrected chi connectivity index (χ1v) is 12.8. The number of carbonyl (C=O) groups is 2. The molecule has 0 bridgehead atoms. The fourth-order valence-corrected chi connectivity index (χ4v) is 4.12. The summed E-state index contributed by atoms with van der Waals surface area (Å²) < 4.78 is 65.7. The number of ether oxygens (including phenoxy) is 2. The van der Waals surface area contributed by atoms with Gasteiger partial charge in [-0.2, -0.15) is 13.2 Å². The van der Waals surface area contributed by atoms with Crippen LogP contribution in [0.2, 0.25) is 5.02 Å². The van der Waals surface area contributed by atoms with Crippen LogP contribution in [0.1, 0.15) is 48.0 Å². The molecule has 226 valence electrons. The number of nitrogens with one attached hydrogen (secondary N) is 1. The number of aromatic carboxylic acids is 1. The molecule has 3 aromatic rings. The first-order valence-electron chi connectivity index (χ1n) is 12.4. The van der Waals surface area contributed by atoms with Crippen molar-refractivity contribution in [3.8, 4) is 5.88 Å². The van der Waals surface area contributed by atoms with E-state index >= 15 is 0 Å². The van der Waals surface area contributed by atoms with E-state index in [4.69, 9.17) is 26.8 Å².